The highest BCUT2D eigenvalue weighted by atomic mass is 35.6. The van der Waals surface area contributed by atoms with E-state index in [1.165, 1.54) is 4.68 Å². The van der Waals surface area contributed by atoms with Gasteiger partial charge in [-0.15, -0.1) is 0 Å². The molecule has 0 amide bonds. The minimum absolute atomic E-state index is 0.705. The van der Waals surface area contributed by atoms with Crippen LogP contribution < -0.4 is 0 Å². The van der Waals surface area contributed by atoms with E-state index in [2.05, 4.69) is 5.10 Å². The Hall–Kier alpha value is -2.00. The maximum atomic E-state index is 6.05. The monoisotopic (exact) mass is 388 g/mol. The Morgan fingerprint density at radius 1 is 0.720 bits per heavy atom. The number of nitrogens with zero attached hydrogens (tertiary/aromatic N) is 2. The molecule has 0 fully saturated rings. The van der Waals surface area contributed by atoms with E-state index in [4.69, 9.17) is 34.8 Å². The Morgan fingerprint density at radius 2 is 1.24 bits per heavy atom. The van der Waals surface area contributed by atoms with Gasteiger partial charge >= 0.3 is 0 Å². The predicted molar refractivity (Wildman–Crippen MR) is 108 cm³/mol. The molecular formula is C20H15Cl3N2. The van der Waals surface area contributed by atoms with Gasteiger partial charge in [0.1, 0.15) is 0 Å². The van der Waals surface area contributed by atoms with Crippen LogP contribution in [0, 0.1) is 0 Å². The van der Waals surface area contributed by atoms with E-state index < -0.39 is 3.92 Å². The van der Waals surface area contributed by atoms with Gasteiger partial charge in [0.25, 0.3) is 3.92 Å². The van der Waals surface area contributed by atoms with Crippen LogP contribution in [0.5, 0.6) is 0 Å². The summed E-state index contributed by atoms with van der Waals surface area (Å²) in [5.74, 6) is 0. The van der Waals surface area contributed by atoms with E-state index in [1.807, 2.05) is 91.0 Å². The molecule has 5 heteroatoms. The number of halogens is 3. The fourth-order valence-electron chi connectivity index (χ4n) is 2.31. The van der Waals surface area contributed by atoms with E-state index >= 15 is 0 Å². The maximum absolute atomic E-state index is 6.05. The zero-order chi connectivity index (χ0) is 17.7. The van der Waals surface area contributed by atoms with Crippen molar-refractivity contribution in [1.82, 2.24) is 9.78 Å². The fraction of sp³-hybridized carbons (Fsp3) is 0.0500. The highest BCUT2D eigenvalue weighted by Crippen LogP contribution is 2.34. The topological polar surface area (TPSA) is 17.8 Å². The van der Waals surface area contributed by atoms with E-state index in [9.17, 15) is 0 Å². The number of hydrogen-bond acceptors (Lipinski definition) is 1. The van der Waals surface area contributed by atoms with Crippen molar-refractivity contribution in [2.24, 2.45) is 0 Å². The second-order valence-electron chi connectivity index (χ2n) is 5.36. The van der Waals surface area contributed by atoms with Gasteiger partial charge in [-0.1, -0.05) is 108 Å². The van der Waals surface area contributed by atoms with Crippen LogP contribution >= 0.6 is 34.8 Å². The number of benzene rings is 2. The van der Waals surface area contributed by atoms with Crippen molar-refractivity contribution in [3.8, 4) is 0 Å². The molecule has 0 aliphatic carbocycles. The molecule has 0 atom stereocenters. The molecule has 3 rings (SSSR count). The van der Waals surface area contributed by atoms with Crippen LogP contribution in [-0.2, 0) is 3.92 Å². The zero-order valence-electron chi connectivity index (χ0n) is 13.2. The minimum atomic E-state index is -1.66. The van der Waals surface area contributed by atoms with Gasteiger partial charge in [0, 0.05) is 0 Å². The third-order valence-electron chi connectivity index (χ3n) is 3.49. The molecule has 0 aliphatic rings. The number of rotatable bonds is 4. The fourth-order valence-corrected chi connectivity index (χ4v) is 2.72. The summed E-state index contributed by atoms with van der Waals surface area (Å²) in [5.41, 5.74) is 3.55. The summed E-state index contributed by atoms with van der Waals surface area (Å²) >= 11 is 18.1. The summed E-state index contributed by atoms with van der Waals surface area (Å²) in [7, 11) is 0. The number of hydrogen-bond donors (Lipinski definition) is 0. The minimum Gasteiger partial charge on any atom is -0.216 e. The van der Waals surface area contributed by atoms with E-state index in [0.717, 1.165) is 11.1 Å². The summed E-state index contributed by atoms with van der Waals surface area (Å²) in [6, 6.07) is 21.8. The van der Waals surface area contributed by atoms with Gasteiger partial charge in [0.05, 0.1) is 11.4 Å². The van der Waals surface area contributed by atoms with Gasteiger partial charge < -0.3 is 0 Å². The van der Waals surface area contributed by atoms with Gasteiger partial charge in [-0.05, 0) is 29.3 Å². The van der Waals surface area contributed by atoms with Gasteiger partial charge in [-0.2, -0.15) is 5.10 Å². The van der Waals surface area contributed by atoms with Gasteiger partial charge in [-0.25, -0.2) is 4.68 Å². The van der Waals surface area contributed by atoms with Crippen molar-refractivity contribution >= 4 is 59.1 Å². The molecular weight excluding hydrogens is 375 g/mol. The molecule has 0 saturated carbocycles. The summed E-state index contributed by atoms with van der Waals surface area (Å²) in [6.07, 6.45) is 7.69. The lowest BCUT2D eigenvalue weighted by molar-refractivity contribution is 0.666. The smallest absolute Gasteiger partial charge is 0.216 e. The van der Waals surface area contributed by atoms with Crippen LogP contribution in [-0.4, -0.2) is 9.78 Å². The van der Waals surface area contributed by atoms with Crippen molar-refractivity contribution in [3.63, 3.8) is 0 Å². The van der Waals surface area contributed by atoms with E-state index in [1.54, 1.807) is 0 Å². The summed E-state index contributed by atoms with van der Waals surface area (Å²) in [6.45, 7) is 0. The Morgan fingerprint density at radius 3 is 1.76 bits per heavy atom. The standard InChI is InChI=1S/C20H15Cl3N2/c21-20(22,23)25-19(14-12-17-9-5-2-6-10-17)15-18(24-25)13-11-16-7-3-1-4-8-16/h1-15H. The molecule has 0 aliphatic heterocycles. The van der Waals surface area contributed by atoms with E-state index in [0.29, 0.717) is 11.4 Å². The lowest BCUT2D eigenvalue weighted by Gasteiger charge is -2.13. The van der Waals surface area contributed by atoms with Crippen LogP contribution in [0.25, 0.3) is 24.3 Å². The van der Waals surface area contributed by atoms with Gasteiger partial charge in [0.2, 0.25) is 0 Å². The maximum Gasteiger partial charge on any atom is 0.287 e. The van der Waals surface area contributed by atoms with E-state index in [-0.39, 0.29) is 0 Å². The van der Waals surface area contributed by atoms with Crippen molar-refractivity contribution in [2.75, 3.05) is 0 Å². The van der Waals surface area contributed by atoms with Crippen molar-refractivity contribution in [2.45, 2.75) is 3.92 Å². The third-order valence-corrected chi connectivity index (χ3v) is 3.97. The largest absolute Gasteiger partial charge is 0.287 e. The highest BCUT2D eigenvalue weighted by Gasteiger charge is 2.26. The van der Waals surface area contributed by atoms with Crippen LogP contribution in [0.4, 0.5) is 0 Å². The summed E-state index contributed by atoms with van der Waals surface area (Å²) in [4.78, 5) is 0. The van der Waals surface area contributed by atoms with Gasteiger partial charge in [-0.3, -0.25) is 0 Å². The first-order chi connectivity index (χ1) is 12.0. The van der Waals surface area contributed by atoms with Gasteiger partial charge in [0.15, 0.2) is 0 Å². The second-order valence-corrected chi connectivity index (χ2v) is 7.58. The normalized spacial score (nSPS) is 12.3. The first-order valence-corrected chi connectivity index (χ1v) is 8.79. The first kappa shape index (κ1) is 17.8. The quantitative estimate of drug-likeness (QED) is 0.465. The molecule has 1 heterocycles. The average molecular weight is 390 g/mol. The lowest BCUT2D eigenvalue weighted by atomic mass is 10.2. The summed E-state index contributed by atoms with van der Waals surface area (Å²) in [5, 5.41) is 4.39. The molecule has 0 unspecified atom stereocenters. The Kier molecular flexibility index (Phi) is 5.64. The lowest BCUT2D eigenvalue weighted by Crippen LogP contribution is -2.15. The molecule has 1 aromatic heterocycles. The molecule has 126 valence electrons. The molecule has 0 spiro atoms. The molecule has 25 heavy (non-hydrogen) atoms. The predicted octanol–water partition coefficient (Wildman–Crippen LogP) is 6.51. The Bertz CT molecular complexity index is 876. The molecule has 0 radical (unpaired) electrons. The Balaban J connectivity index is 1.90. The summed E-state index contributed by atoms with van der Waals surface area (Å²) < 4.78 is -0.281. The van der Waals surface area contributed by atoms with Crippen LogP contribution in [0.2, 0.25) is 0 Å². The Labute approximate surface area is 162 Å². The number of alkyl halides is 3. The molecule has 2 aromatic carbocycles. The molecule has 0 N–H and O–H groups in total. The van der Waals surface area contributed by atoms with Crippen LogP contribution in [0.3, 0.4) is 0 Å². The SMILES string of the molecule is ClC(Cl)(Cl)n1nc(C=Cc2ccccc2)cc1C=Cc1ccccc1. The third kappa shape index (κ3) is 4.99. The molecule has 0 bridgehead atoms. The van der Waals surface area contributed by atoms with Crippen LogP contribution in [0.15, 0.2) is 66.7 Å². The molecule has 0 saturated heterocycles. The number of aromatic nitrogens is 2. The molecule has 3 aromatic rings. The van der Waals surface area contributed by atoms with Crippen molar-refractivity contribution in [3.05, 3.63) is 89.2 Å². The van der Waals surface area contributed by atoms with Crippen LogP contribution in [0.1, 0.15) is 22.5 Å². The first-order valence-electron chi connectivity index (χ1n) is 7.66. The molecule has 2 nitrogen and oxygen atoms in total. The van der Waals surface area contributed by atoms with Crippen molar-refractivity contribution < 1.29 is 0 Å². The van der Waals surface area contributed by atoms with Crippen molar-refractivity contribution in [1.29, 1.82) is 0 Å². The zero-order valence-corrected chi connectivity index (χ0v) is 15.5. The highest BCUT2D eigenvalue weighted by molar-refractivity contribution is 6.64. The second kappa shape index (κ2) is 7.92. The average Bonchev–Trinajstić information content (AvgIpc) is 3.04.